The molecule has 0 aliphatic rings. The Labute approximate surface area is 337 Å². The lowest BCUT2D eigenvalue weighted by Gasteiger charge is -2.30. The van der Waals surface area contributed by atoms with Crippen molar-refractivity contribution in [2.24, 2.45) is 0 Å². The minimum Gasteiger partial charge on any atom is -0.455 e. The van der Waals surface area contributed by atoms with E-state index in [0.29, 0.717) is 0 Å². The first-order chi connectivity index (χ1) is 28.7. The van der Waals surface area contributed by atoms with Crippen LogP contribution < -0.4 is 4.90 Å². The number of anilines is 3. The van der Waals surface area contributed by atoms with E-state index in [1.54, 1.807) is 0 Å². The van der Waals surface area contributed by atoms with Crippen molar-refractivity contribution >= 4 is 60.5 Å². The predicted molar refractivity (Wildman–Crippen MR) is 245 cm³/mol. The third-order valence-corrected chi connectivity index (χ3v) is 11.4. The maximum atomic E-state index is 6.47. The molecule has 0 saturated carbocycles. The molecule has 1 aromatic heterocycles. The minimum absolute atomic E-state index is 0.902. The van der Waals surface area contributed by atoms with Gasteiger partial charge in [0.2, 0.25) is 0 Å². The van der Waals surface area contributed by atoms with E-state index in [1.807, 2.05) is 12.1 Å². The van der Waals surface area contributed by atoms with Gasteiger partial charge < -0.3 is 9.32 Å². The number of nitrogens with zero attached hydrogens (tertiary/aromatic N) is 1. The quantitative estimate of drug-likeness (QED) is 0.162. The predicted octanol–water partition coefficient (Wildman–Crippen LogP) is 16.0. The molecular formula is C56H37NO. The highest BCUT2D eigenvalue weighted by Crippen LogP contribution is 2.46. The van der Waals surface area contributed by atoms with Crippen molar-refractivity contribution < 1.29 is 4.42 Å². The highest BCUT2D eigenvalue weighted by atomic mass is 16.3. The fourth-order valence-corrected chi connectivity index (χ4v) is 8.59. The first-order valence-electron chi connectivity index (χ1n) is 19.8. The highest BCUT2D eigenvalue weighted by Gasteiger charge is 2.21. The summed E-state index contributed by atoms with van der Waals surface area (Å²) in [6.45, 7) is 0. The second-order valence-electron chi connectivity index (χ2n) is 14.9. The smallest absolute Gasteiger partial charge is 0.143 e. The monoisotopic (exact) mass is 739 g/mol. The molecule has 0 atom stereocenters. The average molecular weight is 740 g/mol. The van der Waals surface area contributed by atoms with Crippen LogP contribution in [0.15, 0.2) is 229 Å². The van der Waals surface area contributed by atoms with Crippen LogP contribution in [0.4, 0.5) is 17.1 Å². The van der Waals surface area contributed by atoms with Crippen molar-refractivity contribution in [1.82, 2.24) is 0 Å². The Morgan fingerprint density at radius 1 is 0.293 bits per heavy atom. The number of hydrogen-bond donors (Lipinski definition) is 0. The molecule has 58 heavy (non-hydrogen) atoms. The zero-order valence-electron chi connectivity index (χ0n) is 31.7. The fourth-order valence-electron chi connectivity index (χ4n) is 8.59. The summed E-state index contributed by atoms with van der Waals surface area (Å²) in [7, 11) is 0. The van der Waals surface area contributed by atoms with Gasteiger partial charge in [-0.3, -0.25) is 0 Å². The summed E-state index contributed by atoms with van der Waals surface area (Å²) >= 11 is 0. The molecule has 10 aromatic carbocycles. The summed E-state index contributed by atoms with van der Waals surface area (Å²) in [5.41, 5.74) is 14.3. The van der Waals surface area contributed by atoms with E-state index in [9.17, 15) is 0 Å². The van der Waals surface area contributed by atoms with Gasteiger partial charge in [0.05, 0.1) is 11.4 Å². The van der Waals surface area contributed by atoms with Crippen LogP contribution in [0.3, 0.4) is 0 Å². The van der Waals surface area contributed by atoms with Crippen molar-refractivity contribution in [3.63, 3.8) is 0 Å². The number of para-hydroxylation sites is 4. The molecule has 0 unspecified atom stereocenters. The molecule has 11 aromatic rings. The van der Waals surface area contributed by atoms with Crippen LogP contribution >= 0.6 is 0 Å². The molecule has 0 N–H and O–H groups in total. The van der Waals surface area contributed by atoms with Gasteiger partial charge in [-0.1, -0.05) is 176 Å². The van der Waals surface area contributed by atoms with Gasteiger partial charge in [-0.15, -0.1) is 0 Å². The third-order valence-electron chi connectivity index (χ3n) is 11.4. The van der Waals surface area contributed by atoms with Crippen molar-refractivity contribution in [3.05, 3.63) is 224 Å². The molecule has 0 saturated heterocycles. The van der Waals surface area contributed by atoms with E-state index in [1.165, 1.54) is 38.2 Å². The zero-order valence-corrected chi connectivity index (χ0v) is 31.7. The summed E-state index contributed by atoms with van der Waals surface area (Å²) < 4.78 is 6.47. The number of benzene rings is 10. The van der Waals surface area contributed by atoms with Crippen molar-refractivity contribution in [2.45, 2.75) is 0 Å². The summed E-state index contributed by atoms with van der Waals surface area (Å²) in [5.74, 6) is 0. The van der Waals surface area contributed by atoms with E-state index < -0.39 is 0 Å². The van der Waals surface area contributed by atoms with Crippen LogP contribution in [0.1, 0.15) is 0 Å². The molecule has 0 amide bonds. The van der Waals surface area contributed by atoms with Gasteiger partial charge in [-0.2, -0.15) is 0 Å². The molecule has 272 valence electrons. The first-order valence-corrected chi connectivity index (χ1v) is 19.8. The Bertz CT molecular complexity index is 3300. The fraction of sp³-hybridized carbons (Fsp3) is 0. The number of rotatable bonds is 7. The number of fused-ring (bicyclic) bond motifs is 5. The van der Waals surface area contributed by atoms with Crippen LogP contribution in [0.25, 0.3) is 88.0 Å². The minimum atomic E-state index is 0.902. The Hall–Kier alpha value is -7.68. The maximum absolute atomic E-state index is 6.47. The summed E-state index contributed by atoms with van der Waals surface area (Å²) in [4.78, 5) is 2.42. The topological polar surface area (TPSA) is 16.4 Å². The molecule has 2 nitrogen and oxygen atoms in total. The Balaban J connectivity index is 1.08. The Morgan fingerprint density at radius 3 is 1.50 bits per heavy atom. The van der Waals surface area contributed by atoms with E-state index in [0.717, 1.165) is 66.8 Å². The lowest BCUT2D eigenvalue weighted by Crippen LogP contribution is -2.12. The van der Waals surface area contributed by atoms with Gasteiger partial charge in [0.1, 0.15) is 11.2 Å². The van der Waals surface area contributed by atoms with Gasteiger partial charge in [-0.05, 0) is 97.9 Å². The maximum Gasteiger partial charge on any atom is 0.143 e. The Kier molecular flexibility index (Phi) is 8.19. The van der Waals surface area contributed by atoms with Gasteiger partial charge in [0, 0.05) is 33.2 Å². The van der Waals surface area contributed by atoms with Gasteiger partial charge in [-0.25, -0.2) is 0 Å². The van der Waals surface area contributed by atoms with Gasteiger partial charge in [0.25, 0.3) is 0 Å². The molecule has 2 heteroatoms. The molecule has 0 aliphatic heterocycles. The van der Waals surface area contributed by atoms with Crippen molar-refractivity contribution in [2.75, 3.05) is 4.90 Å². The molecule has 11 rings (SSSR count). The largest absolute Gasteiger partial charge is 0.455 e. The molecule has 1 heterocycles. The Morgan fingerprint density at radius 2 is 0.776 bits per heavy atom. The average Bonchev–Trinajstić information content (AvgIpc) is 3.69. The molecule has 0 aliphatic carbocycles. The molecule has 0 radical (unpaired) electrons. The lowest BCUT2D eigenvalue weighted by molar-refractivity contribution is 0.670. The SMILES string of the molecule is c1cc(-c2ccc3ccccc3c2)cc(-c2ccccc2N(c2ccc(-c3cccc4c3oc3ccccc34)cc2)c2ccccc2-c2ccc3ccccc3c2)c1. The second-order valence-corrected chi connectivity index (χ2v) is 14.9. The van der Waals surface area contributed by atoms with Crippen LogP contribution in [0.2, 0.25) is 0 Å². The van der Waals surface area contributed by atoms with Crippen molar-refractivity contribution in [3.8, 4) is 44.5 Å². The normalized spacial score (nSPS) is 11.4. The van der Waals surface area contributed by atoms with Crippen molar-refractivity contribution in [1.29, 1.82) is 0 Å². The van der Waals surface area contributed by atoms with E-state index in [4.69, 9.17) is 4.42 Å². The molecule has 0 bridgehead atoms. The molecule has 0 spiro atoms. The zero-order chi connectivity index (χ0) is 38.4. The van der Waals surface area contributed by atoms with E-state index in [-0.39, 0.29) is 0 Å². The number of furan rings is 1. The van der Waals surface area contributed by atoms with Gasteiger partial charge in [0.15, 0.2) is 0 Å². The summed E-state index contributed by atoms with van der Waals surface area (Å²) in [5, 5.41) is 7.19. The van der Waals surface area contributed by atoms with Crippen LogP contribution in [-0.2, 0) is 0 Å². The summed E-state index contributed by atoms with van der Waals surface area (Å²) in [6.07, 6.45) is 0. The molecule has 0 fully saturated rings. The van der Waals surface area contributed by atoms with Gasteiger partial charge >= 0.3 is 0 Å². The third kappa shape index (κ3) is 5.91. The van der Waals surface area contributed by atoms with Crippen LogP contribution in [0.5, 0.6) is 0 Å². The first kappa shape index (κ1) is 33.6. The van der Waals surface area contributed by atoms with E-state index >= 15 is 0 Å². The second kappa shape index (κ2) is 14.1. The standard InChI is InChI=1S/C56H37NO/c1-3-15-41-35-44(29-27-38(41)13-1)43-17-11-18-45(37-43)48-19-5-8-24-53(48)57(54-25-9-6-20-49(54)46-30-28-39-14-2-4-16-42(39)36-46)47-33-31-40(32-34-47)50-22-12-23-52-51-21-7-10-26-55(51)58-56(50)52/h1-37H. The highest BCUT2D eigenvalue weighted by molar-refractivity contribution is 6.09. The van der Waals surface area contributed by atoms with Crippen LogP contribution in [-0.4, -0.2) is 0 Å². The molecular weight excluding hydrogens is 703 g/mol. The lowest BCUT2D eigenvalue weighted by atomic mass is 9.95. The number of hydrogen-bond acceptors (Lipinski definition) is 2. The van der Waals surface area contributed by atoms with Crippen LogP contribution in [0, 0.1) is 0 Å². The van der Waals surface area contributed by atoms with E-state index in [2.05, 4.69) is 217 Å². The summed E-state index contributed by atoms with van der Waals surface area (Å²) in [6, 6.07) is 80.8.